The lowest BCUT2D eigenvalue weighted by molar-refractivity contribution is 0.429. The summed E-state index contributed by atoms with van der Waals surface area (Å²) in [6, 6.07) is 6.53. The molecule has 0 atom stereocenters. The van der Waals surface area contributed by atoms with E-state index in [0.717, 1.165) is 13.0 Å². The maximum Gasteiger partial charge on any atom is 0.0488 e. The Morgan fingerprint density at radius 2 is 1.89 bits per heavy atom. The van der Waals surface area contributed by atoms with E-state index in [4.69, 9.17) is 0 Å². The van der Waals surface area contributed by atoms with Gasteiger partial charge in [-0.3, -0.25) is 0 Å². The second kappa shape index (κ2) is 4.77. The fraction of sp³-hybridized carbons (Fsp3) is 0.500. The summed E-state index contributed by atoms with van der Waals surface area (Å²) in [5.74, 6) is 0. The van der Waals surface area contributed by atoms with Crippen LogP contribution in [0.1, 0.15) is 37.6 Å². The van der Waals surface area contributed by atoms with Gasteiger partial charge in [-0.1, -0.05) is 18.2 Å². The molecule has 1 heterocycles. The molecule has 98 valence electrons. The van der Waals surface area contributed by atoms with Crippen LogP contribution < -0.4 is 5.32 Å². The first-order valence-electron chi connectivity index (χ1n) is 6.70. The smallest absolute Gasteiger partial charge is 0.0488 e. The summed E-state index contributed by atoms with van der Waals surface area (Å²) in [7, 11) is 0. The number of fused-ring (bicyclic) bond motifs is 1. The number of H-pyrrole nitrogens is 1. The van der Waals surface area contributed by atoms with Gasteiger partial charge in [0.05, 0.1) is 0 Å². The third-order valence-electron chi connectivity index (χ3n) is 3.39. The van der Waals surface area contributed by atoms with Gasteiger partial charge in [-0.15, -0.1) is 0 Å². The zero-order valence-corrected chi connectivity index (χ0v) is 12.1. The van der Waals surface area contributed by atoms with E-state index in [1.165, 1.54) is 27.7 Å². The van der Waals surface area contributed by atoms with Gasteiger partial charge in [-0.05, 0) is 58.7 Å². The molecule has 1 aromatic heterocycles. The third kappa shape index (κ3) is 2.75. The molecule has 0 bridgehead atoms. The van der Waals surface area contributed by atoms with Crippen LogP contribution in [0.25, 0.3) is 10.9 Å². The standard InChI is InChI=1S/C16H24N2/c1-11-7-6-8-14-13(12(2)18-15(11)14)9-10-17-16(3,4)5/h6-8,17-18H,9-10H2,1-5H3. The van der Waals surface area contributed by atoms with E-state index in [0.29, 0.717) is 0 Å². The number of hydrogen-bond donors (Lipinski definition) is 2. The minimum atomic E-state index is 0.190. The summed E-state index contributed by atoms with van der Waals surface area (Å²) in [5.41, 5.74) is 5.56. The average molecular weight is 244 g/mol. The highest BCUT2D eigenvalue weighted by atomic mass is 14.9. The topological polar surface area (TPSA) is 27.8 Å². The molecule has 18 heavy (non-hydrogen) atoms. The number of rotatable bonds is 3. The molecule has 2 N–H and O–H groups in total. The van der Waals surface area contributed by atoms with Gasteiger partial charge in [0.1, 0.15) is 0 Å². The Balaban J connectivity index is 2.23. The normalized spacial score (nSPS) is 12.3. The average Bonchev–Trinajstić information content (AvgIpc) is 2.56. The number of benzene rings is 1. The second-order valence-corrected chi connectivity index (χ2v) is 6.15. The number of aromatic nitrogens is 1. The van der Waals surface area contributed by atoms with Crippen molar-refractivity contribution in [3.05, 3.63) is 35.0 Å². The van der Waals surface area contributed by atoms with Crippen LogP contribution in [-0.4, -0.2) is 17.1 Å². The Hall–Kier alpha value is -1.28. The quantitative estimate of drug-likeness (QED) is 0.846. The fourth-order valence-corrected chi connectivity index (χ4v) is 2.43. The molecule has 0 fully saturated rings. The van der Waals surface area contributed by atoms with Gasteiger partial charge in [0.15, 0.2) is 0 Å². The van der Waals surface area contributed by atoms with Crippen LogP contribution in [0.5, 0.6) is 0 Å². The van der Waals surface area contributed by atoms with E-state index >= 15 is 0 Å². The molecular formula is C16H24N2. The SMILES string of the molecule is Cc1[nH]c2c(C)cccc2c1CCNC(C)(C)C. The van der Waals surface area contributed by atoms with Gasteiger partial charge in [0.2, 0.25) is 0 Å². The molecule has 0 aliphatic carbocycles. The third-order valence-corrected chi connectivity index (χ3v) is 3.39. The molecule has 0 spiro atoms. The first-order valence-corrected chi connectivity index (χ1v) is 6.70. The molecule has 0 amide bonds. The van der Waals surface area contributed by atoms with Crippen LogP contribution in [0.3, 0.4) is 0 Å². The Morgan fingerprint density at radius 3 is 2.56 bits per heavy atom. The summed E-state index contributed by atoms with van der Waals surface area (Å²) in [6.45, 7) is 12.0. The first kappa shape index (κ1) is 13.2. The molecule has 2 nitrogen and oxygen atoms in total. The van der Waals surface area contributed by atoms with E-state index in [9.17, 15) is 0 Å². The van der Waals surface area contributed by atoms with Crippen molar-refractivity contribution in [1.82, 2.24) is 10.3 Å². The van der Waals surface area contributed by atoms with Crippen LogP contribution in [0.4, 0.5) is 0 Å². The van der Waals surface area contributed by atoms with Crippen LogP contribution in [0.15, 0.2) is 18.2 Å². The molecule has 0 saturated heterocycles. The van der Waals surface area contributed by atoms with Crippen LogP contribution in [0, 0.1) is 13.8 Å². The lowest BCUT2D eigenvalue weighted by Gasteiger charge is -2.20. The summed E-state index contributed by atoms with van der Waals surface area (Å²) >= 11 is 0. The molecule has 0 radical (unpaired) electrons. The van der Waals surface area contributed by atoms with Gasteiger partial charge in [0.25, 0.3) is 0 Å². The molecule has 0 aliphatic heterocycles. The molecule has 2 aromatic rings. The van der Waals surface area contributed by atoms with Crippen molar-refractivity contribution in [3.8, 4) is 0 Å². The number of para-hydroxylation sites is 1. The minimum Gasteiger partial charge on any atom is -0.358 e. The summed E-state index contributed by atoms with van der Waals surface area (Å²) in [5, 5.41) is 4.93. The molecule has 2 heteroatoms. The van der Waals surface area contributed by atoms with Gasteiger partial charge in [0, 0.05) is 22.1 Å². The van der Waals surface area contributed by atoms with E-state index in [2.05, 4.69) is 63.1 Å². The highest BCUT2D eigenvalue weighted by Crippen LogP contribution is 2.24. The maximum atomic E-state index is 3.55. The number of aromatic amines is 1. The number of aryl methyl sites for hydroxylation is 2. The Morgan fingerprint density at radius 1 is 1.17 bits per heavy atom. The molecule has 1 aromatic carbocycles. The summed E-state index contributed by atoms with van der Waals surface area (Å²) in [6.07, 6.45) is 1.08. The van der Waals surface area contributed by atoms with Crippen molar-refractivity contribution in [3.63, 3.8) is 0 Å². The van der Waals surface area contributed by atoms with E-state index < -0.39 is 0 Å². The molecular weight excluding hydrogens is 220 g/mol. The molecule has 2 rings (SSSR count). The largest absolute Gasteiger partial charge is 0.358 e. The van der Waals surface area contributed by atoms with Crippen LogP contribution >= 0.6 is 0 Å². The highest BCUT2D eigenvalue weighted by Gasteiger charge is 2.12. The summed E-state index contributed by atoms with van der Waals surface area (Å²) < 4.78 is 0. The van der Waals surface area contributed by atoms with E-state index in [1.54, 1.807) is 0 Å². The number of nitrogens with one attached hydrogen (secondary N) is 2. The zero-order chi connectivity index (χ0) is 13.3. The van der Waals surface area contributed by atoms with Gasteiger partial charge >= 0.3 is 0 Å². The fourth-order valence-electron chi connectivity index (χ4n) is 2.43. The summed E-state index contributed by atoms with van der Waals surface area (Å²) in [4.78, 5) is 3.52. The van der Waals surface area contributed by atoms with Crippen LogP contribution in [0.2, 0.25) is 0 Å². The molecule has 0 saturated carbocycles. The van der Waals surface area contributed by atoms with Gasteiger partial charge < -0.3 is 10.3 Å². The zero-order valence-electron chi connectivity index (χ0n) is 12.1. The predicted octanol–water partition coefficient (Wildman–Crippen LogP) is 3.72. The van der Waals surface area contributed by atoms with E-state index in [-0.39, 0.29) is 5.54 Å². The van der Waals surface area contributed by atoms with Crippen molar-refractivity contribution in [1.29, 1.82) is 0 Å². The predicted molar refractivity (Wildman–Crippen MR) is 79.2 cm³/mol. The van der Waals surface area contributed by atoms with Crippen molar-refractivity contribution >= 4 is 10.9 Å². The van der Waals surface area contributed by atoms with Crippen molar-refractivity contribution < 1.29 is 0 Å². The van der Waals surface area contributed by atoms with Crippen molar-refractivity contribution in [2.24, 2.45) is 0 Å². The molecule has 0 aliphatic rings. The molecule has 0 unspecified atom stereocenters. The lowest BCUT2D eigenvalue weighted by Crippen LogP contribution is -2.37. The van der Waals surface area contributed by atoms with E-state index in [1.807, 2.05) is 0 Å². The highest BCUT2D eigenvalue weighted by molar-refractivity contribution is 5.87. The lowest BCUT2D eigenvalue weighted by atomic mass is 10.0. The Labute approximate surface area is 110 Å². The first-order chi connectivity index (χ1) is 8.38. The minimum absolute atomic E-state index is 0.190. The Kier molecular flexibility index (Phi) is 3.49. The second-order valence-electron chi connectivity index (χ2n) is 6.15. The van der Waals surface area contributed by atoms with Gasteiger partial charge in [-0.2, -0.15) is 0 Å². The van der Waals surface area contributed by atoms with Crippen LogP contribution in [-0.2, 0) is 6.42 Å². The maximum absolute atomic E-state index is 3.55. The van der Waals surface area contributed by atoms with Crippen molar-refractivity contribution in [2.45, 2.75) is 46.6 Å². The van der Waals surface area contributed by atoms with Gasteiger partial charge in [-0.25, -0.2) is 0 Å². The monoisotopic (exact) mass is 244 g/mol. The number of hydrogen-bond acceptors (Lipinski definition) is 1. The Bertz CT molecular complexity index is 544. The van der Waals surface area contributed by atoms with Crippen molar-refractivity contribution in [2.75, 3.05) is 6.54 Å².